The number of nitro groups is 1. The maximum Gasteiger partial charge on any atom is 0.269 e. The topological polar surface area (TPSA) is 110 Å². The SMILES string of the molecule is O=C(c1ccccc1NS(=O)(=O)Cc1cccc([N+](=O)[O-])c1)N1CCCCC1. The fourth-order valence-corrected chi connectivity index (χ4v) is 4.41. The average Bonchev–Trinajstić information content (AvgIpc) is 2.68. The van der Waals surface area contributed by atoms with E-state index in [0.717, 1.165) is 19.3 Å². The summed E-state index contributed by atoms with van der Waals surface area (Å²) < 4.78 is 27.7. The molecule has 9 heteroatoms. The average molecular weight is 403 g/mol. The second-order valence-corrected chi connectivity index (χ2v) is 8.41. The monoisotopic (exact) mass is 403 g/mol. The first-order chi connectivity index (χ1) is 13.4. The first-order valence-electron chi connectivity index (χ1n) is 8.98. The standard InChI is InChI=1S/C19H21N3O5S/c23-19(21-11-4-1-5-12-21)17-9-2-3-10-18(17)20-28(26,27)14-15-7-6-8-16(13-15)22(24)25/h2-3,6-10,13,20H,1,4-5,11-12,14H2. The number of nitrogens with one attached hydrogen (secondary N) is 1. The van der Waals surface area contributed by atoms with Gasteiger partial charge in [-0.15, -0.1) is 0 Å². The smallest absolute Gasteiger partial charge is 0.269 e. The number of nitro benzene ring substituents is 1. The van der Waals surface area contributed by atoms with Crippen LogP contribution in [-0.4, -0.2) is 37.2 Å². The fraction of sp³-hybridized carbons (Fsp3) is 0.316. The van der Waals surface area contributed by atoms with Crippen molar-refractivity contribution in [2.24, 2.45) is 0 Å². The van der Waals surface area contributed by atoms with Gasteiger partial charge in [0.05, 0.1) is 21.9 Å². The lowest BCUT2D eigenvalue weighted by atomic mass is 10.1. The van der Waals surface area contributed by atoms with Gasteiger partial charge in [0, 0.05) is 25.2 Å². The molecule has 0 unspecified atom stereocenters. The molecule has 3 rings (SSSR count). The van der Waals surface area contributed by atoms with E-state index in [4.69, 9.17) is 0 Å². The number of hydrogen-bond donors (Lipinski definition) is 1. The number of carbonyl (C=O) groups is 1. The first-order valence-corrected chi connectivity index (χ1v) is 10.6. The molecule has 0 radical (unpaired) electrons. The first kappa shape index (κ1) is 19.8. The van der Waals surface area contributed by atoms with Crippen molar-refractivity contribution in [1.29, 1.82) is 0 Å². The van der Waals surface area contributed by atoms with Crippen molar-refractivity contribution in [2.45, 2.75) is 25.0 Å². The molecule has 1 amide bonds. The normalized spacial score (nSPS) is 14.5. The summed E-state index contributed by atoms with van der Waals surface area (Å²) in [5.74, 6) is -0.630. The van der Waals surface area contributed by atoms with Gasteiger partial charge in [-0.25, -0.2) is 8.42 Å². The van der Waals surface area contributed by atoms with Gasteiger partial charge in [0.15, 0.2) is 0 Å². The second kappa shape index (κ2) is 8.39. The number of anilines is 1. The summed E-state index contributed by atoms with van der Waals surface area (Å²) in [5, 5.41) is 10.9. The lowest BCUT2D eigenvalue weighted by Gasteiger charge is -2.27. The van der Waals surface area contributed by atoms with E-state index >= 15 is 0 Å². The largest absolute Gasteiger partial charge is 0.339 e. The summed E-state index contributed by atoms with van der Waals surface area (Å²) in [6.07, 6.45) is 2.96. The Labute approximate surface area is 163 Å². The number of para-hydroxylation sites is 1. The molecule has 0 atom stereocenters. The predicted octanol–water partition coefficient (Wildman–Crippen LogP) is 3.16. The molecule has 0 saturated carbocycles. The molecule has 0 spiro atoms. The highest BCUT2D eigenvalue weighted by atomic mass is 32.2. The molecule has 1 N–H and O–H groups in total. The molecule has 2 aromatic carbocycles. The van der Waals surface area contributed by atoms with Gasteiger partial charge in [-0.1, -0.05) is 24.3 Å². The van der Waals surface area contributed by atoms with Crippen LogP contribution in [0.1, 0.15) is 35.2 Å². The molecule has 28 heavy (non-hydrogen) atoms. The number of amides is 1. The Morgan fingerprint density at radius 1 is 1.07 bits per heavy atom. The van der Waals surface area contributed by atoms with E-state index in [2.05, 4.69) is 4.72 Å². The van der Waals surface area contributed by atoms with E-state index in [9.17, 15) is 23.3 Å². The minimum absolute atomic E-state index is 0.173. The number of non-ortho nitro benzene ring substituents is 1. The number of benzene rings is 2. The van der Waals surface area contributed by atoms with Gasteiger partial charge >= 0.3 is 0 Å². The highest BCUT2D eigenvalue weighted by Crippen LogP contribution is 2.22. The summed E-state index contributed by atoms with van der Waals surface area (Å²) in [6, 6.07) is 12.0. The van der Waals surface area contributed by atoms with Crippen molar-refractivity contribution in [1.82, 2.24) is 4.90 Å². The zero-order chi connectivity index (χ0) is 20.1. The van der Waals surface area contributed by atoms with Crippen LogP contribution in [0.4, 0.5) is 11.4 Å². The molecule has 2 aromatic rings. The Bertz CT molecular complexity index is 985. The molecule has 1 fully saturated rings. The Kier molecular flexibility index (Phi) is 5.93. The molecule has 1 aliphatic heterocycles. The van der Waals surface area contributed by atoms with E-state index < -0.39 is 20.7 Å². The summed E-state index contributed by atoms with van der Waals surface area (Å²) in [6.45, 7) is 1.32. The molecular weight excluding hydrogens is 382 g/mol. The van der Waals surface area contributed by atoms with Crippen LogP contribution in [0.3, 0.4) is 0 Å². The number of piperidine rings is 1. The van der Waals surface area contributed by atoms with Crippen molar-refractivity contribution in [2.75, 3.05) is 17.8 Å². The minimum atomic E-state index is -3.86. The van der Waals surface area contributed by atoms with Gasteiger partial charge in [-0.05, 0) is 37.0 Å². The van der Waals surface area contributed by atoms with Crippen molar-refractivity contribution in [3.8, 4) is 0 Å². The molecule has 1 aliphatic rings. The van der Waals surface area contributed by atoms with Gasteiger partial charge < -0.3 is 4.90 Å². The predicted molar refractivity (Wildman–Crippen MR) is 106 cm³/mol. The highest BCUT2D eigenvalue weighted by Gasteiger charge is 2.23. The molecule has 0 bridgehead atoms. The van der Waals surface area contributed by atoms with Crippen LogP contribution in [-0.2, 0) is 15.8 Å². The Morgan fingerprint density at radius 2 is 1.79 bits per heavy atom. The van der Waals surface area contributed by atoms with Gasteiger partial charge in [0.2, 0.25) is 10.0 Å². The fourth-order valence-electron chi connectivity index (χ4n) is 3.21. The maximum absolute atomic E-state index is 12.8. The molecular formula is C19H21N3O5S. The molecule has 0 aliphatic carbocycles. The van der Waals surface area contributed by atoms with E-state index in [-0.39, 0.29) is 17.3 Å². The lowest BCUT2D eigenvalue weighted by molar-refractivity contribution is -0.384. The molecule has 1 heterocycles. The molecule has 8 nitrogen and oxygen atoms in total. The van der Waals surface area contributed by atoms with E-state index in [0.29, 0.717) is 24.2 Å². The third-order valence-corrected chi connectivity index (χ3v) is 5.79. The van der Waals surface area contributed by atoms with Gasteiger partial charge in [0.1, 0.15) is 0 Å². The highest BCUT2D eigenvalue weighted by molar-refractivity contribution is 7.91. The van der Waals surface area contributed by atoms with E-state index in [1.54, 1.807) is 29.2 Å². The maximum atomic E-state index is 12.8. The molecule has 1 saturated heterocycles. The van der Waals surface area contributed by atoms with Crippen LogP contribution in [0.5, 0.6) is 0 Å². The number of carbonyl (C=O) groups excluding carboxylic acids is 1. The molecule has 148 valence electrons. The number of sulfonamides is 1. The summed E-state index contributed by atoms with van der Waals surface area (Å²) >= 11 is 0. The van der Waals surface area contributed by atoms with Crippen molar-refractivity contribution < 1.29 is 18.1 Å². The van der Waals surface area contributed by atoms with Gasteiger partial charge in [-0.3, -0.25) is 19.6 Å². The third kappa shape index (κ3) is 4.86. The van der Waals surface area contributed by atoms with Crippen LogP contribution in [0.2, 0.25) is 0 Å². The zero-order valence-electron chi connectivity index (χ0n) is 15.2. The third-order valence-electron chi connectivity index (χ3n) is 4.54. The van der Waals surface area contributed by atoms with E-state index in [1.165, 1.54) is 24.3 Å². The van der Waals surface area contributed by atoms with Crippen LogP contribution < -0.4 is 4.72 Å². The number of nitrogens with zero attached hydrogens (tertiary/aromatic N) is 2. The Hall–Kier alpha value is -2.94. The quantitative estimate of drug-likeness (QED) is 0.588. The van der Waals surface area contributed by atoms with Gasteiger partial charge in [0.25, 0.3) is 11.6 Å². The Balaban J connectivity index is 1.80. The van der Waals surface area contributed by atoms with Crippen LogP contribution >= 0.6 is 0 Å². The summed E-state index contributed by atoms with van der Waals surface area (Å²) in [7, 11) is -3.86. The van der Waals surface area contributed by atoms with Crippen molar-refractivity contribution >= 4 is 27.3 Å². The number of hydrogen-bond acceptors (Lipinski definition) is 5. The van der Waals surface area contributed by atoms with Crippen molar-refractivity contribution in [3.05, 3.63) is 69.8 Å². The van der Waals surface area contributed by atoms with Gasteiger partial charge in [-0.2, -0.15) is 0 Å². The lowest BCUT2D eigenvalue weighted by Crippen LogP contribution is -2.36. The number of likely N-dealkylation sites (tertiary alicyclic amines) is 1. The molecule has 0 aromatic heterocycles. The zero-order valence-corrected chi connectivity index (χ0v) is 16.0. The number of rotatable bonds is 6. The van der Waals surface area contributed by atoms with Crippen LogP contribution in [0.15, 0.2) is 48.5 Å². The van der Waals surface area contributed by atoms with E-state index in [1.807, 2.05) is 0 Å². The second-order valence-electron chi connectivity index (χ2n) is 6.69. The van der Waals surface area contributed by atoms with Crippen molar-refractivity contribution in [3.63, 3.8) is 0 Å². The minimum Gasteiger partial charge on any atom is -0.339 e. The Morgan fingerprint density at radius 3 is 2.50 bits per heavy atom. The van der Waals surface area contributed by atoms with Crippen LogP contribution in [0.25, 0.3) is 0 Å². The summed E-state index contributed by atoms with van der Waals surface area (Å²) in [5.41, 5.74) is 0.630. The summed E-state index contributed by atoms with van der Waals surface area (Å²) in [4.78, 5) is 24.8. The van der Waals surface area contributed by atoms with Crippen LogP contribution in [0, 0.1) is 10.1 Å².